The van der Waals surface area contributed by atoms with Crippen LogP contribution in [0, 0.1) is 12.7 Å². The van der Waals surface area contributed by atoms with Crippen molar-refractivity contribution in [1.82, 2.24) is 5.32 Å². The van der Waals surface area contributed by atoms with Crippen molar-refractivity contribution in [3.63, 3.8) is 0 Å². The van der Waals surface area contributed by atoms with E-state index in [9.17, 15) is 9.18 Å². The monoisotopic (exact) mass is 239 g/mol. The van der Waals surface area contributed by atoms with Crippen molar-refractivity contribution < 1.29 is 13.9 Å². The van der Waals surface area contributed by atoms with Crippen LogP contribution in [0.1, 0.15) is 24.0 Å². The number of carbonyl (C=O) groups is 1. The standard InChI is InChI=1S/C13H18FNO2/c1-10-8-12(14)6-5-11(10)9-15-7-3-4-13(16)17-2/h5-6,8,15H,3-4,7,9H2,1-2H3. The van der Waals surface area contributed by atoms with Crippen LogP contribution in [0.5, 0.6) is 0 Å². The molecule has 0 spiro atoms. The maximum absolute atomic E-state index is 12.8. The predicted octanol–water partition coefficient (Wildman–Crippen LogP) is 2.18. The molecule has 0 radical (unpaired) electrons. The second-order valence-corrected chi connectivity index (χ2v) is 3.93. The van der Waals surface area contributed by atoms with Gasteiger partial charge >= 0.3 is 5.97 Å². The fourth-order valence-electron chi connectivity index (χ4n) is 1.54. The molecule has 0 atom stereocenters. The third-order valence-electron chi connectivity index (χ3n) is 2.58. The van der Waals surface area contributed by atoms with Gasteiger partial charge in [0.25, 0.3) is 0 Å². The van der Waals surface area contributed by atoms with Gasteiger partial charge in [0, 0.05) is 13.0 Å². The van der Waals surface area contributed by atoms with Crippen LogP contribution in [0.25, 0.3) is 0 Å². The number of methoxy groups -OCH3 is 1. The second kappa shape index (κ2) is 7.01. The van der Waals surface area contributed by atoms with Crippen LogP contribution < -0.4 is 5.32 Å². The molecule has 0 unspecified atom stereocenters. The number of halogens is 1. The molecule has 0 aliphatic heterocycles. The van der Waals surface area contributed by atoms with Crippen LogP contribution in [0.3, 0.4) is 0 Å². The van der Waals surface area contributed by atoms with Crippen molar-refractivity contribution >= 4 is 5.97 Å². The van der Waals surface area contributed by atoms with Crippen molar-refractivity contribution in [2.45, 2.75) is 26.3 Å². The molecule has 1 N–H and O–H groups in total. The molecular formula is C13H18FNO2. The molecule has 4 heteroatoms. The van der Waals surface area contributed by atoms with Crippen LogP contribution in [0.15, 0.2) is 18.2 Å². The first-order valence-corrected chi connectivity index (χ1v) is 5.66. The summed E-state index contributed by atoms with van der Waals surface area (Å²) in [7, 11) is 1.39. The van der Waals surface area contributed by atoms with Gasteiger partial charge in [0.05, 0.1) is 7.11 Å². The van der Waals surface area contributed by atoms with E-state index in [1.807, 2.05) is 6.92 Å². The maximum atomic E-state index is 12.8. The molecule has 94 valence electrons. The van der Waals surface area contributed by atoms with E-state index in [0.717, 1.165) is 24.1 Å². The lowest BCUT2D eigenvalue weighted by molar-refractivity contribution is -0.140. The minimum absolute atomic E-state index is 0.190. The summed E-state index contributed by atoms with van der Waals surface area (Å²) in [4.78, 5) is 10.8. The summed E-state index contributed by atoms with van der Waals surface area (Å²) in [5.41, 5.74) is 2.01. The molecule has 1 rings (SSSR count). The zero-order valence-electron chi connectivity index (χ0n) is 10.3. The lowest BCUT2D eigenvalue weighted by Gasteiger charge is -2.07. The van der Waals surface area contributed by atoms with Gasteiger partial charge < -0.3 is 10.1 Å². The Labute approximate surface area is 101 Å². The number of esters is 1. The zero-order chi connectivity index (χ0) is 12.7. The lowest BCUT2D eigenvalue weighted by Crippen LogP contribution is -2.16. The van der Waals surface area contributed by atoms with E-state index in [1.165, 1.54) is 19.2 Å². The minimum atomic E-state index is -0.211. The molecule has 0 aromatic heterocycles. The molecule has 0 saturated carbocycles. The first-order valence-electron chi connectivity index (χ1n) is 5.66. The Bertz CT molecular complexity index is 380. The number of aryl methyl sites for hydroxylation is 1. The molecule has 0 aliphatic carbocycles. The van der Waals surface area contributed by atoms with Crippen molar-refractivity contribution in [2.75, 3.05) is 13.7 Å². The Morgan fingerprint density at radius 3 is 2.88 bits per heavy atom. The average molecular weight is 239 g/mol. The Kier molecular flexibility index (Phi) is 5.63. The number of benzene rings is 1. The molecule has 1 aromatic rings. The predicted molar refractivity (Wildman–Crippen MR) is 64.1 cm³/mol. The van der Waals surface area contributed by atoms with Crippen LogP contribution in [0.4, 0.5) is 4.39 Å². The summed E-state index contributed by atoms with van der Waals surface area (Å²) in [6, 6.07) is 4.75. The molecule has 0 fully saturated rings. The summed E-state index contributed by atoms with van der Waals surface area (Å²) in [5.74, 6) is -0.401. The Hall–Kier alpha value is -1.42. The van der Waals surface area contributed by atoms with Gasteiger partial charge in [0.1, 0.15) is 5.82 Å². The number of ether oxygens (including phenoxy) is 1. The van der Waals surface area contributed by atoms with E-state index in [-0.39, 0.29) is 11.8 Å². The van der Waals surface area contributed by atoms with Crippen molar-refractivity contribution in [1.29, 1.82) is 0 Å². The van der Waals surface area contributed by atoms with Crippen molar-refractivity contribution in [3.05, 3.63) is 35.1 Å². The van der Waals surface area contributed by atoms with Crippen LogP contribution in [-0.2, 0) is 16.1 Å². The van der Waals surface area contributed by atoms with E-state index in [2.05, 4.69) is 10.1 Å². The third-order valence-corrected chi connectivity index (χ3v) is 2.58. The summed E-state index contributed by atoms with van der Waals surface area (Å²) in [6.07, 6.45) is 1.17. The second-order valence-electron chi connectivity index (χ2n) is 3.93. The summed E-state index contributed by atoms with van der Waals surface area (Å²) < 4.78 is 17.4. The van der Waals surface area contributed by atoms with Gasteiger partial charge in [0.15, 0.2) is 0 Å². The van der Waals surface area contributed by atoms with Gasteiger partial charge in [-0.05, 0) is 43.1 Å². The molecule has 0 amide bonds. The number of hydrogen-bond donors (Lipinski definition) is 1. The smallest absolute Gasteiger partial charge is 0.305 e. The molecule has 0 aliphatic rings. The van der Waals surface area contributed by atoms with Gasteiger partial charge in [-0.3, -0.25) is 4.79 Å². The summed E-state index contributed by atoms with van der Waals surface area (Å²) in [6.45, 7) is 3.31. The van der Waals surface area contributed by atoms with Gasteiger partial charge in [-0.15, -0.1) is 0 Å². The van der Waals surface area contributed by atoms with Gasteiger partial charge in [0.2, 0.25) is 0 Å². The zero-order valence-corrected chi connectivity index (χ0v) is 10.3. The van der Waals surface area contributed by atoms with Crippen LogP contribution in [0.2, 0.25) is 0 Å². The Balaban J connectivity index is 2.24. The summed E-state index contributed by atoms with van der Waals surface area (Å²) >= 11 is 0. The number of carbonyl (C=O) groups excluding carboxylic acids is 1. The Morgan fingerprint density at radius 1 is 1.47 bits per heavy atom. The number of hydrogen-bond acceptors (Lipinski definition) is 3. The molecule has 3 nitrogen and oxygen atoms in total. The number of nitrogens with one attached hydrogen (secondary N) is 1. The fourth-order valence-corrected chi connectivity index (χ4v) is 1.54. The van der Waals surface area contributed by atoms with E-state index in [1.54, 1.807) is 6.07 Å². The quantitative estimate of drug-likeness (QED) is 0.611. The topological polar surface area (TPSA) is 38.3 Å². The average Bonchev–Trinajstić information content (AvgIpc) is 2.30. The third kappa shape index (κ3) is 4.95. The first kappa shape index (κ1) is 13.6. The normalized spacial score (nSPS) is 10.3. The van der Waals surface area contributed by atoms with Crippen molar-refractivity contribution in [2.24, 2.45) is 0 Å². The molecule has 17 heavy (non-hydrogen) atoms. The minimum Gasteiger partial charge on any atom is -0.469 e. The molecule has 0 saturated heterocycles. The SMILES string of the molecule is COC(=O)CCCNCc1ccc(F)cc1C. The summed E-state index contributed by atoms with van der Waals surface area (Å²) in [5, 5.41) is 3.21. The highest BCUT2D eigenvalue weighted by Gasteiger charge is 2.01. The first-order chi connectivity index (χ1) is 8.13. The van der Waals surface area contributed by atoms with Gasteiger partial charge in [-0.25, -0.2) is 4.39 Å². The van der Waals surface area contributed by atoms with Crippen molar-refractivity contribution in [3.8, 4) is 0 Å². The molecule has 0 bridgehead atoms. The molecule has 0 heterocycles. The Morgan fingerprint density at radius 2 is 2.24 bits per heavy atom. The lowest BCUT2D eigenvalue weighted by atomic mass is 10.1. The van der Waals surface area contributed by atoms with E-state index < -0.39 is 0 Å². The highest BCUT2D eigenvalue weighted by atomic mass is 19.1. The van der Waals surface area contributed by atoms with Gasteiger partial charge in [-0.2, -0.15) is 0 Å². The van der Waals surface area contributed by atoms with E-state index in [0.29, 0.717) is 13.0 Å². The highest BCUT2D eigenvalue weighted by molar-refractivity contribution is 5.69. The van der Waals surface area contributed by atoms with E-state index >= 15 is 0 Å². The van der Waals surface area contributed by atoms with Crippen LogP contribution in [-0.4, -0.2) is 19.6 Å². The van der Waals surface area contributed by atoms with Crippen LogP contribution >= 0.6 is 0 Å². The van der Waals surface area contributed by atoms with E-state index in [4.69, 9.17) is 0 Å². The maximum Gasteiger partial charge on any atom is 0.305 e. The van der Waals surface area contributed by atoms with Gasteiger partial charge in [-0.1, -0.05) is 6.07 Å². The highest BCUT2D eigenvalue weighted by Crippen LogP contribution is 2.09. The number of rotatable bonds is 6. The largest absolute Gasteiger partial charge is 0.469 e. The molecule has 1 aromatic carbocycles. The molecular weight excluding hydrogens is 221 g/mol. The fraction of sp³-hybridized carbons (Fsp3) is 0.462.